The van der Waals surface area contributed by atoms with E-state index in [-0.39, 0.29) is 5.91 Å². The van der Waals surface area contributed by atoms with Gasteiger partial charge in [-0.25, -0.2) is 0 Å². The molecule has 2 nitrogen and oxygen atoms in total. The molecule has 1 N–H and O–H groups in total. The summed E-state index contributed by atoms with van der Waals surface area (Å²) in [7, 11) is 0. The first kappa shape index (κ1) is 10.2. The molecule has 1 aliphatic carbocycles. The fourth-order valence-electron chi connectivity index (χ4n) is 1.70. The van der Waals surface area contributed by atoms with Crippen LogP contribution in [-0.4, -0.2) is 12.5 Å². The highest BCUT2D eigenvalue weighted by atomic mass is 16.1. The maximum absolute atomic E-state index is 11.8. The molecule has 0 aliphatic heterocycles. The fraction of sp³-hybridized carbons (Fsp3) is 0.462. The summed E-state index contributed by atoms with van der Waals surface area (Å²) in [5.41, 5.74) is 1.96. The number of hydrogen-bond donors (Lipinski definition) is 1. The zero-order chi connectivity index (χ0) is 10.7. The van der Waals surface area contributed by atoms with Gasteiger partial charge in [0.15, 0.2) is 0 Å². The van der Waals surface area contributed by atoms with Gasteiger partial charge >= 0.3 is 0 Å². The molecule has 1 aromatic carbocycles. The van der Waals surface area contributed by atoms with Crippen molar-refractivity contribution in [2.45, 2.75) is 26.2 Å². The van der Waals surface area contributed by atoms with Crippen molar-refractivity contribution >= 4 is 5.91 Å². The van der Waals surface area contributed by atoms with Crippen LogP contribution in [0.1, 0.15) is 35.7 Å². The van der Waals surface area contributed by atoms with Crippen LogP contribution in [0, 0.1) is 5.92 Å². The smallest absolute Gasteiger partial charge is 0.251 e. The summed E-state index contributed by atoms with van der Waals surface area (Å²) in [6.07, 6.45) is 3.46. The number of benzene rings is 1. The van der Waals surface area contributed by atoms with Crippen LogP contribution in [0.5, 0.6) is 0 Å². The normalized spacial score (nSPS) is 15.0. The van der Waals surface area contributed by atoms with Crippen LogP contribution >= 0.6 is 0 Å². The van der Waals surface area contributed by atoms with E-state index in [1.165, 1.54) is 12.8 Å². The molecule has 2 rings (SSSR count). The minimum absolute atomic E-state index is 0.0827. The molecular formula is C13H17NO. The van der Waals surface area contributed by atoms with Crippen LogP contribution in [-0.2, 0) is 6.42 Å². The zero-order valence-corrected chi connectivity index (χ0v) is 9.12. The van der Waals surface area contributed by atoms with Gasteiger partial charge in [-0.2, -0.15) is 0 Å². The van der Waals surface area contributed by atoms with Crippen LogP contribution in [0.25, 0.3) is 0 Å². The van der Waals surface area contributed by atoms with Crippen molar-refractivity contribution in [1.29, 1.82) is 0 Å². The molecule has 1 fully saturated rings. The SMILES string of the molecule is CCc1ccccc1C(=O)NCC1CC1. The second-order valence-corrected chi connectivity index (χ2v) is 4.16. The molecule has 0 atom stereocenters. The molecule has 1 saturated carbocycles. The summed E-state index contributed by atoms with van der Waals surface area (Å²) >= 11 is 0. The topological polar surface area (TPSA) is 29.1 Å². The summed E-state index contributed by atoms with van der Waals surface area (Å²) in [6, 6.07) is 7.83. The van der Waals surface area contributed by atoms with Crippen molar-refractivity contribution in [2.24, 2.45) is 5.92 Å². The summed E-state index contributed by atoms with van der Waals surface area (Å²) in [5.74, 6) is 0.821. The summed E-state index contributed by atoms with van der Waals surface area (Å²) in [5, 5.41) is 3.00. The molecule has 0 unspecified atom stereocenters. The van der Waals surface area contributed by atoms with Crippen LogP contribution in [0.4, 0.5) is 0 Å². The van der Waals surface area contributed by atoms with Gasteiger partial charge in [-0.1, -0.05) is 25.1 Å². The summed E-state index contributed by atoms with van der Waals surface area (Å²) in [4.78, 5) is 11.8. The Kier molecular flexibility index (Phi) is 3.05. The largest absolute Gasteiger partial charge is 0.352 e. The van der Waals surface area contributed by atoms with E-state index in [0.717, 1.165) is 30.0 Å². The van der Waals surface area contributed by atoms with Crippen molar-refractivity contribution in [1.82, 2.24) is 5.32 Å². The van der Waals surface area contributed by atoms with Gasteiger partial charge in [0, 0.05) is 12.1 Å². The van der Waals surface area contributed by atoms with E-state index in [4.69, 9.17) is 0 Å². The van der Waals surface area contributed by atoms with Gasteiger partial charge < -0.3 is 5.32 Å². The van der Waals surface area contributed by atoms with E-state index >= 15 is 0 Å². The molecule has 15 heavy (non-hydrogen) atoms. The van der Waals surface area contributed by atoms with E-state index in [1.54, 1.807) is 0 Å². The zero-order valence-electron chi connectivity index (χ0n) is 9.12. The number of rotatable bonds is 4. The standard InChI is InChI=1S/C13H17NO/c1-2-11-5-3-4-6-12(11)13(15)14-9-10-7-8-10/h3-6,10H,2,7-9H2,1H3,(H,14,15). The van der Waals surface area contributed by atoms with Gasteiger partial charge in [0.25, 0.3) is 5.91 Å². The Morgan fingerprint density at radius 3 is 2.80 bits per heavy atom. The second-order valence-electron chi connectivity index (χ2n) is 4.16. The van der Waals surface area contributed by atoms with Gasteiger partial charge in [0.2, 0.25) is 0 Å². The Morgan fingerprint density at radius 2 is 2.13 bits per heavy atom. The van der Waals surface area contributed by atoms with Gasteiger partial charge in [-0.05, 0) is 36.8 Å². The van der Waals surface area contributed by atoms with Crippen molar-refractivity contribution in [3.05, 3.63) is 35.4 Å². The Hall–Kier alpha value is -1.31. The monoisotopic (exact) mass is 203 g/mol. The van der Waals surface area contributed by atoms with Crippen LogP contribution in [0.2, 0.25) is 0 Å². The highest BCUT2D eigenvalue weighted by Gasteiger charge is 2.22. The van der Waals surface area contributed by atoms with Crippen LogP contribution in [0.15, 0.2) is 24.3 Å². The summed E-state index contributed by atoms with van der Waals surface area (Å²) in [6.45, 7) is 2.92. The highest BCUT2D eigenvalue weighted by molar-refractivity contribution is 5.95. The van der Waals surface area contributed by atoms with Crippen molar-refractivity contribution < 1.29 is 4.79 Å². The Labute approximate surface area is 90.7 Å². The molecule has 1 aromatic rings. The Balaban J connectivity index is 2.02. The lowest BCUT2D eigenvalue weighted by Crippen LogP contribution is -2.26. The number of aryl methyl sites for hydroxylation is 1. The minimum atomic E-state index is 0.0827. The number of carbonyl (C=O) groups is 1. The van der Waals surface area contributed by atoms with E-state index in [1.807, 2.05) is 24.3 Å². The molecular weight excluding hydrogens is 186 g/mol. The van der Waals surface area contributed by atoms with Gasteiger partial charge in [0.1, 0.15) is 0 Å². The third-order valence-electron chi connectivity index (χ3n) is 2.89. The molecule has 1 amide bonds. The highest BCUT2D eigenvalue weighted by Crippen LogP contribution is 2.27. The number of nitrogens with one attached hydrogen (secondary N) is 1. The quantitative estimate of drug-likeness (QED) is 0.799. The maximum atomic E-state index is 11.8. The molecule has 2 heteroatoms. The lowest BCUT2D eigenvalue weighted by Gasteiger charge is -2.07. The first-order chi connectivity index (χ1) is 7.31. The Bertz CT molecular complexity index is 355. The predicted molar refractivity (Wildman–Crippen MR) is 60.9 cm³/mol. The third kappa shape index (κ3) is 2.58. The molecule has 0 heterocycles. The first-order valence-electron chi connectivity index (χ1n) is 5.67. The average Bonchev–Trinajstić information content (AvgIpc) is 3.09. The van der Waals surface area contributed by atoms with E-state index in [9.17, 15) is 4.79 Å². The molecule has 0 aromatic heterocycles. The lowest BCUT2D eigenvalue weighted by atomic mass is 10.0. The van der Waals surface area contributed by atoms with E-state index in [2.05, 4.69) is 12.2 Å². The summed E-state index contributed by atoms with van der Waals surface area (Å²) < 4.78 is 0. The number of amides is 1. The lowest BCUT2D eigenvalue weighted by molar-refractivity contribution is 0.0951. The van der Waals surface area contributed by atoms with Crippen LogP contribution < -0.4 is 5.32 Å². The number of carbonyl (C=O) groups excluding carboxylic acids is 1. The van der Waals surface area contributed by atoms with Crippen molar-refractivity contribution in [2.75, 3.05) is 6.54 Å². The second kappa shape index (κ2) is 4.47. The number of hydrogen-bond acceptors (Lipinski definition) is 1. The predicted octanol–water partition coefficient (Wildman–Crippen LogP) is 2.39. The average molecular weight is 203 g/mol. The molecule has 1 aliphatic rings. The molecule has 80 valence electrons. The first-order valence-corrected chi connectivity index (χ1v) is 5.67. The van der Waals surface area contributed by atoms with Crippen molar-refractivity contribution in [3.63, 3.8) is 0 Å². The minimum Gasteiger partial charge on any atom is -0.352 e. The van der Waals surface area contributed by atoms with Gasteiger partial charge in [-0.3, -0.25) is 4.79 Å². The molecule has 0 saturated heterocycles. The molecule has 0 bridgehead atoms. The van der Waals surface area contributed by atoms with Gasteiger partial charge in [-0.15, -0.1) is 0 Å². The van der Waals surface area contributed by atoms with Gasteiger partial charge in [0.05, 0.1) is 0 Å². The van der Waals surface area contributed by atoms with Crippen molar-refractivity contribution in [3.8, 4) is 0 Å². The fourth-order valence-corrected chi connectivity index (χ4v) is 1.70. The molecule has 0 radical (unpaired) electrons. The Morgan fingerprint density at radius 1 is 1.40 bits per heavy atom. The third-order valence-corrected chi connectivity index (χ3v) is 2.89. The van der Waals surface area contributed by atoms with Crippen LogP contribution in [0.3, 0.4) is 0 Å². The molecule has 0 spiro atoms. The van der Waals surface area contributed by atoms with E-state index in [0.29, 0.717) is 0 Å². The van der Waals surface area contributed by atoms with E-state index < -0.39 is 0 Å². The maximum Gasteiger partial charge on any atom is 0.251 e.